The van der Waals surface area contributed by atoms with Gasteiger partial charge in [0, 0.05) is 12.8 Å². The smallest absolute Gasteiger partial charge is 0.217 e. The van der Waals surface area contributed by atoms with Crippen molar-refractivity contribution in [1.82, 2.24) is 5.32 Å². The van der Waals surface area contributed by atoms with E-state index in [9.17, 15) is 4.79 Å². The lowest BCUT2D eigenvalue weighted by Gasteiger charge is -2.51. The van der Waals surface area contributed by atoms with Gasteiger partial charge in [-0.25, -0.2) is 0 Å². The Morgan fingerprint density at radius 2 is 1.11 bits per heavy atom. The number of amides is 1. The largest absolute Gasteiger partial charge is 0.372 e. The van der Waals surface area contributed by atoms with E-state index in [0.29, 0.717) is 17.8 Å². The van der Waals surface area contributed by atoms with E-state index in [1.807, 2.05) is 0 Å². The van der Waals surface area contributed by atoms with Crippen LogP contribution >= 0.6 is 0 Å². The Morgan fingerprint density at radius 1 is 0.622 bits per heavy atom. The predicted octanol–water partition coefficient (Wildman–Crippen LogP) is 5.55. The van der Waals surface area contributed by atoms with Crippen molar-refractivity contribution in [2.45, 2.75) is 151 Å². The van der Waals surface area contributed by atoms with E-state index >= 15 is 0 Å². The highest BCUT2D eigenvalue weighted by Crippen LogP contribution is 2.41. The summed E-state index contributed by atoms with van der Waals surface area (Å²) in [6, 6.07) is -0.196. The molecule has 1 amide bonds. The number of carbonyl (C=O) groups excluding carboxylic acids is 1. The summed E-state index contributed by atoms with van der Waals surface area (Å²) >= 11 is 0. The summed E-state index contributed by atoms with van der Waals surface area (Å²) in [6.45, 7) is 23.6. The standard InChI is InChI=1S/C30H55NO6/c1-12-23-16(5)17(6)26(31-22(11)32)30(34-23)37-28-19(8)20(9)29(35-25(28)14-3)36-27-18(7)15(4)21(10)33-24(27)13-2/h15-21,23-30H,12-14H2,1-11H3,(H,31,32)/t15?,16-,17+,18-,19-,20?,21+,23?,24?,25?,26?,27+,28-,29+,30?/m1/s1. The highest BCUT2D eigenvalue weighted by molar-refractivity contribution is 5.73. The molecule has 0 saturated carbocycles. The van der Waals surface area contributed by atoms with Gasteiger partial charge in [0.25, 0.3) is 0 Å². The molecule has 7 unspecified atom stereocenters. The van der Waals surface area contributed by atoms with Gasteiger partial charge in [-0.05, 0) is 55.8 Å². The van der Waals surface area contributed by atoms with Crippen molar-refractivity contribution < 1.29 is 28.5 Å². The zero-order valence-corrected chi connectivity index (χ0v) is 25.2. The van der Waals surface area contributed by atoms with Crippen LogP contribution in [0.4, 0.5) is 0 Å². The van der Waals surface area contributed by atoms with Gasteiger partial charge in [-0.15, -0.1) is 0 Å². The molecule has 1 N–H and O–H groups in total. The number of ether oxygens (including phenoxy) is 5. The normalized spacial score (nSPS) is 49.0. The van der Waals surface area contributed by atoms with E-state index in [2.05, 4.69) is 74.6 Å². The van der Waals surface area contributed by atoms with Crippen LogP contribution in [0.25, 0.3) is 0 Å². The van der Waals surface area contributed by atoms with Crippen molar-refractivity contribution in [3.8, 4) is 0 Å². The Balaban J connectivity index is 1.77. The Kier molecular flexibility index (Phi) is 10.9. The average molecular weight is 526 g/mol. The third kappa shape index (κ3) is 6.54. The summed E-state index contributed by atoms with van der Waals surface area (Å²) in [4.78, 5) is 12.1. The van der Waals surface area contributed by atoms with Crippen LogP contribution in [0.1, 0.15) is 95.4 Å². The minimum atomic E-state index is -0.506. The van der Waals surface area contributed by atoms with Crippen LogP contribution in [-0.4, -0.2) is 61.2 Å². The highest BCUT2D eigenvalue weighted by Gasteiger charge is 2.49. The Bertz CT molecular complexity index is 731. The quantitative estimate of drug-likeness (QED) is 0.448. The molecule has 0 bridgehead atoms. The van der Waals surface area contributed by atoms with Gasteiger partial charge in [0.05, 0.1) is 42.7 Å². The van der Waals surface area contributed by atoms with Crippen LogP contribution in [0.5, 0.6) is 0 Å². The second-order valence-corrected chi connectivity index (χ2v) is 12.3. The number of rotatable bonds is 8. The second-order valence-electron chi connectivity index (χ2n) is 12.3. The topological polar surface area (TPSA) is 75.2 Å². The maximum absolute atomic E-state index is 12.1. The maximum Gasteiger partial charge on any atom is 0.217 e. The number of hydrogen-bond donors (Lipinski definition) is 1. The molecular formula is C30H55NO6. The van der Waals surface area contributed by atoms with Gasteiger partial charge in [0.2, 0.25) is 5.91 Å². The molecule has 7 nitrogen and oxygen atoms in total. The molecular weight excluding hydrogens is 470 g/mol. The van der Waals surface area contributed by atoms with Gasteiger partial charge in [-0.1, -0.05) is 62.3 Å². The van der Waals surface area contributed by atoms with Gasteiger partial charge in [-0.3, -0.25) is 4.79 Å². The first-order chi connectivity index (χ1) is 17.4. The molecule has 15 atom stereocenters. The minimum absolute atomic E-state index is 0.00398. The van der Waals surface area contributed by atoms with Gasteiger partial charge in [0.15, 0.2) is 12.6 Å². The molecule has 3 heterocycles. The van der Waals surface area contributed by atoms with Gasteiger partial charge < -0.3 is 29.0 Å². The summed E-state index contributed by atoms with van der Waals surface area (Å²) < 4.78 is 33.0. The van der Waals surface area contributed by atoms with E-state index < -0.39 is 6.29 Å². The van der Waals surface area contributed by atoms with Crippen LogP contribution in [0.3, 0.4) is 0 Å². The zero-order valence-electron chi connectivity index (χ0n) is 25.2. The molecule has 3 aliphatic rings. The summed E-state index contributed by atoms with van der Waals surface area (Å²) in [6.07, 6.45) is 1.96. The molecule has 0 aromatic rings. The molecule has 37 heavy (non-hydrogen) atoms. The molecule has 7 heteroatoms. The van der Waals surface area contributed by atoms with Crippen molar-refractivity contribution in [1.29, 1.82) is 0 Å². The molecule has 3 rings (SSSR count). The van der Waals surface area contributed by atoms with Crippen molar-refractivity contribution in [2.75, 3.05) is 0 Å². The summed E-state index contributed by atoms with van der Waals surface area (Å²) in [5.41, 5.74) is 0. The average Bonchev–Trinajstić information content (AvgIpc) is 2.87. The summed E-state index contributed by atoms with van der Waals surface area (Å²) in [7, 11) is 0. The first-order valence-corrected chi connectivity index (χ1v) is 15.0. The molecule has 0 spiro atoms. The van der Waals surface area contributed by atoms with E-state index in [0.717, 1.165) is 19.3 Å². The van der Waals surface area contributed by atoms with E-state index in [1.54, 1.807) is 6.92 Å². The fourth-order valence-corrected chi connectivity index (χ4v) is 6.66. The third-order valence-electron chi connectivity index (χ3n) is 10.0. The third-order valence-corrected chi connectivity index (χ3v) is 10.0. The summed E-state index contributed by atoms with van der Waals surface area (Å²) in [5.74, 6) is 1.64. The van der Waals surface area contributed by atoms with Crippen molar-refractivity contribution in [3.63, 3.8) is 0 Å². The van der Waals surface area contributed by atoms with E-state index in [4.69, 9.17) is 23.7 Å². The van der Waals surface area contributed by atoms with E-state index in [-0.39, 0.29) is 72.6 Å². The lowest BCUT2D eigenvalue weighted by atomic mass is 9.80. The predicted molar refractivity (Wildman–Crippen MR) is 145 cm³/mol. The Morgan fingerprint density at radius 3 is 1.65 bits per heavy atom. The van der Waals surface area contributed by atoms with Gasteiger partial charge in [0.1, 0.15) is 0 Å². The molecule has 0 aromatic carbocycles. The Labute approximate surface area is 226 Å². The fourth-order valence-electron chi connectivity index (χ4n) is 6.66. The van der Waals surface area contributed by atoms with Gasteiger partial charge in [-0.2, -0.15) is 0 Å². The first-order valence-electron chi connectivity index (χ1n) is 15.0. The molecule has 3 saturated heterocycles. The Hall–Kier alpha value is -0.730. The monoisotopic (exact) mass is 525 g/mol. The number of nitrogens with one attached hydrogen (secondary N) is 1. The molecule has 3 fully saturated rings. The molecule has 0 radical (unpaired) electrons. The molecule has 0 aromatic heterocycles. The highest BCUT2D eigenvalue weighted by atomic mass is 16.7. The molecule has 0 aliphatic carbocycles. The van der Waals surface area contributed by atoms with Crippen LogP contribution < -0.4 is 5.32 Å². The van der Waals surface area contributed by atoms with Crippen LogP contribution in [-0.2, 0) is 28.5 Å². The van der Waals surface area contributed by atoms with Crippen LogP contribution in [0.15, 0.2) is 0 Å². The zero-order chi connectivity index (χ0) is 27.6. The number of hydrogen-bond acceptors (Lipinski definition) is 6. The summed E-state index contributed by atoms with van der Waals surface area (Å²) in [5, 5.41) is 3.12. The molecule has 216 valence electrons. The fraction of sp³-hybridized carbons (Fsp3) is 0.967. The number of carbonyl (C=O) groups is 1. The van der Waals surface area contributed by atoms with Crippen molar-refractivity contribution in [2.24, 2.45) is 35.5 Å². The minimum Gasteiger partial charge on any atom is -0.372 e. The van der Waals surface area contributed by atoms with Crippen LogP contribution in [0, 0.1) is 35.5 Å². The van der Waals surface area contributed by atoms with E-state index in [1.165, 1.54) is 0 Å². The van der Waals surface area contributed by atoms with Crippen LogP contribution in [0.2, 0.25) is 0 Å². The first kappa shape index (κ1) is 30.8. The van der Waals surface area contributed by atoms with Gasteiger partial charge >= 0.3 is 0 Å². The van der Waals surface area contributed by atoms with Crippen molar-refractivity contribution in [3.05, 3.63) is 0 Å². The maximum atomic E-state index is 12.1. The molecule has 3 aliphatic heterocycles. The second kappa shape index (κ2) is 13.1. The lowest BCUT2D eigenvalue weighted by molar-refractivity contribution is -0.336. The van der Waals surface area contributed by atoms with Crippen molar-refractivity contribution >= 4 is 5.91 Å². The lowest BCUT2D eigenvalue weighted by Crippen LogP contribution is -2.61. The SMILES string of the molecule is CCC1O[C@@H](C)C(C)[C@@H](C)[C@@H]1O[C@@H]1OC(CC)[C@H](OC2OC(CC)[C@H](C)[C@H](C)C2NC(C)=O)[C@H](C)C1C.